The Hall–Kier alpha value is -4.62. The number of hydrogen-bond acceptors (Lipinski definition) is 8. The van der Waals surface area contributed by atoms with Crippen LogP contribution in [0.4, 0.5) is 42.2 Å². The minimum absolute atomic E-state index is 0.0186. The molecule has 0 radical (unpaired) electrons. The number of hydrogen-bond donors (Lipinski definition) is 2. The lowest BCUT2D eigenvalue weighted by Gasteiger charge is -2.48. The number of piperazine rings is 1. The van der Waals surface area contributed by atoms with Gasteiger partial charge in [-0.1, -0.05) is 24.3 Å². The summed E-state index contributed by atoms with van der Waals surface area (Å²) in [6.45, 7) is 6.86. The van der Waals surface area contributed by atoms with E-state index in [-0.39, 0.29) is 35.3 Å². The van der Waals surface area contributed by atoms with Crippen LogP contribution in [0.15, 0.2) is 83.9 Å². The molecular weight excluding hydrogens is 786 g/mol. The van der Waals surface area contributed by atoms with Gasteiger partial charge in [0.25, 0.3) is 10.1 Å². The predicted octanol–water partition coefficient (Wildman–Crippen LogP) is 6.99. The molecule has 10 nitrogen and oxygen atoms in total. The standard InChI is InChI=1S/C33H35F7N4O3.C6H6O3S/c1-19-9-23(34)5-6-26(19)27-13-29(44-16-25-18-47-8-7-43(25)15-24(44)17-45)41-14-28(27)42(4)30(46)31(2,3)20-10-21(32(35,36)37)12-22(11-20)33(38,39)40;7-10(8,9)6-4-2-1-3-5-6/h5-6,9-14,24-25,45H,7-8,15-18H2,1-4H3;1-5H,(H,7,8,9)/t24-,25-;/m0./s1. The summed E-state index contributed by atoms with van der Waals surface area (Å²) >= 11 is 0. The molecule has 308 valence electrons. The number of carbonyl (C=O) groups excluding carboxylic acids is 1. The molecule has 0 unspecified atom stereocenters. The molecule has 0 aliphatic carbocycles. The van der Waals surface area contributed by atoms with Gasteiger partial charge >= 0.3 is 12.4 Å². The van der Waals surface area contributed by atoms with Crippen LogP contribution in [-0.2, 0) is 37.4 Å². The largest absolute Gasteiger partial charge is 0.416 e. The molecule has 4 aromatic rings. The highest BCUT2D eigenvalue weighted by Gasteiger charge is 2.42. The number of halogens is 7. The van der Waals surface area contributed by atoms with Crippen molar-refractivity contribution < 1.29 is 58.3 Å². The lowest BCUT2D eigenvalue weighted by molar-refractivity contribution is -0.143. The van der Waals surface area contributed by atoms with Gasteiger partial charge in [0.2, 0.25) is 5.91 Å². The molecule has 6 rings (SSSR count). The van der Waals surface area contributed by atoms with Crippen molar-refractivity contribution in [1.82, 2.24) is 9.88 Å². The third kappa shape index (κ3) is 9.92. The quantitative estimate of drug-likeness (QED) is 0.150. The average molecular weight is 827 g/mol. The van der Waals surface area contributed by atoms with Crippen molar-refractivity contribution in [1.29, 1.82) is 0 Å². The Morgan fingerprint density at radius 3 is 2.07 bits per heavy atom. The number of alkyl halides is 6. The highest BCUT2D eigenvalue weighted by molar-refractivity contribution is 7.85. The molecule has 3 heterocycles. The summed E-state index contributed by atoms with van der Waals surface area (Å²) in [5.74, 6) is -0.835. The second kappa shape index (κ2) is 16.7. The Morgan fingerprint density at radius 2 is 1.53 bits per heavy atom. The van der Waals surface area contributed by atoms with Crippen LogP contribution in [0.2, 0.25) is 0 Å². The van der Waals surface area contributed by atoms with Gasteiger partial charge in [0.1, 0.15) is 11.6 Å². The van der Waals surface area contributed by atoms with E-state index in [1.807, 2.05) is 4.90 Å². The van der Waals surface area contributed by atoms with Gasteiger partial charge in [0.15, 0.2) is 0 Å². The van der Waals surface area contributed by atoms with Crippen molar-refractivity contribution in [2.75, 3.05) is 56.3 Å². The number of morpholine rings is 1. The maximum Gasteiger partial charge on any atom is 0.416 e. The fraction of sp³-hybridized carbons (Fsp3) is 0.385. The third-order valence-electron chi connectivity index (χ3n) is 10.0. The number of aliphatic hydroxyl groups excluding tert-OH is 1. The number of aromatic nitrogens is 1. The molecule has 0 bridgehead atoms. The van der Waals surface area contributed by atoms with E-state index in [4.69, 9.17) is 9.29 Å². The first-order chi connectivity index (χ1) is 26.5. The summed E-state index contributed by atoms with van der Waals surface area (Å²) in [5, 5.41) is 10.3. The average Bonchev–Trinajstić information content (AvgIpc) is 3.16. The molecule has 2 aliphatic heterocycles. The van der Waals surface area contributed by atoms with E-state index < -0.39 is 56.3 Å². The molecule has 2 aliphatic rings. The number of pyridine rings is 1. The number of aryl methyl sites for hydroxylation is 1. The van der Waals surface area contributed by atoms with E-state index in [2.05, 4.69) is 9.88 Å². The number of likely N-dealkylation sites (N-methyl/N-ethyl adjacent to an activating group) is 1. The van der Waals surface area contributed by atoms with Crippen LogP contribution in [0.25, 0.3) is 11.1 Å². The summed E-state index contributed by atoms with van der Waals surface area (Å²) in [6.07, 6.45) is -8.78. The fourth-order valence-corrected chi connectivity index (χ4v) is 7.35. The van der Waals surface area contributed by atoms with Crippen molar-refractivity contribution >= 4 is 27.5 Å². The van der Waals surface area contributed by atoms with E-state index >= 15 is 0 Å². The SMILES string of the molecule is Cc1cc(F)ccc1-c1cc(N2C[C@H]3COCCN3C[C@H]2CO)ncc1N(C)C(=O)C(C)(C)c1cc(C(F)(F)F)cc(C(F)(F)F)c1.O=S(=O)(O)c1ccccc1. The van der Waals surface area contributed by atoms with Gasteiger partial charge in [0.05, 0.1) is 65.2 Å². The Bertz CT molecular complexity index is 2150. The molecule has 1 aromatic heterocycles. The van der Waals surface area contributed by atoms with Crippen LogP contribution in [0, 0.1) is 12.7 Å². The number of benzene rings is 3. The maximum atomic E-state index is 14.2. The minimum atomic E-state index is -5.09. The van der Waals surface area contributed by atoms with Crippen LogP contribution in [0.3, 0.4) is 0 Å². The monoisotopic (exact) mass is 826 g/mol. The predicted molar refractivity (Wildman–Crippen MR) is 198 cm³/mol. The third-order valence-corrected chi connectivity index (χ3v) is 10.9. The first kappa shape index (κ1) is 43.5. The van der Waals surface area contributed by atoms with Crippen LogP contribution < -0.4 is 9.80 Å². The lowest BCUT2D eigenvalue weighted by atomic mass is 9.81. The number of carbonyl (C=O) groups is 1. The summed E-state index contributed by atoms with van der Waals surface area (Å²) in [7, 11) is -2.65. The van der Waals surface area contributed by atoms with E-state index in [9.17, 15) is 49.1 Å². The van der Waals surface area contributed by atoms with Gasteiger partial charge < -0.3 is 19.6 Å². The highest BCUT2D eigenvalue weighted by atomic mass is 32.2. The molecule has 0 saturated carbocycles. The van der Waals surface area contributed by atoms with E-state index in [1.54, 1.807) is 31.2 Å². The topological polar surface area (TPSA) is 124 Å². The van der Waals surface area contributed by atoms with E-state index in [1.165, 1.54) is 57.4 Å². The zero-order valence-corrected chi connectivity index (χ0v) is 32.1. The number of aliphatic hydroxyl groups is 1. The molecule has 57 heavy (non-hydrogen) atoms. The molecule has 2 N–H and O–H groups in total. The summed E-state index contributed by atoms with van der Waals surface area (Å²) in [4.78, 5) is 23.9. The first-order valence-corrected chi connectivity index (χ1v) is 19.0. The Balaban J connectivity index is 0.000000540. The van der Waals surface area contributed by atoms with Crippen LogP contribution in [-0.4, -0.2) is 92.5 Å². The van der Waals surface area contributed by atoms with Crippen LogP contribution in [0.5, 0.6) is 0 Å². The molecule has 2 saturated heterocycles. The number of ether oxygens (including phenoxy) is 1. The zero-order chi connectivity index (χ0) is 42.1. The van der Waals surface area contributed by atoms with Gasteiger partial charge in [-0.25, -0.2) is 9.37 Å². The highest BCUT2D eigenvalue weighted by Crippen LogP contribution is 2.41. The zero-order valence-electron chi connectivity index (χ0n) is 31.3. The molecule has 2 atom stereocenters. The maximum absolute atomic E-state index is 14.2. The molecule has 0 spiro atoms. The van der Waals surface area contributed by atoms with Crippen molar-refractivity contribution in [3.05, 3.63) is 107 Å². The molecular formula is C39H41F7N4O6S. The van der Waals surface area contributed by atoms with Gasteiger partial charge in [-0.2, -0.15) is 34.8 Å². The molecule has 1 amide bonds. The smallest absolute Gasteiger partial charge is 0.394 e. The number of fused-ring (bicyclic) bond motifs is 1. The Morgan fingerprint density at radius 1 is 0.912 bits per heavy atom. The molecule has 18 heteroatoms. The Kier molecular flexibility index (Phi) is 12.7. The van der Waals surface area contributed by atoms with E-state index in [0.29, 0.717) is 60.9 Å². The van der Waals surface area contributed by atoms with Crippen molar-refractivity contribution in [3.63, 3.8) is 0 Å². The lowest BCUT2D eigenvalue weighted by Crippen LogP contribution is -2.63. The Labute approximate surface area is 325 Å². The number of rotatable bonds is 7. The fourth-order valence-electron chi connectivity index (χ4n) is 6.85. The van der Waals surface area contributed by atoms with Crippen molar-refractivity contribution in [3.8, 4) is 11.1 Å². The molecule has 2 fully saturated rings. The van der Waals surface area contributed by atoms with Crippen molar-refractivity contribution in [2.24, 2.45) is 0 Å². The summed E-state index contributed by atoms with van der Waals surface area (Å²) < 4.78 is 131. The van der Waals surface area contributed by atoms with E-state index in [0.717, 1.165) is 11.4 Å². The van der Waals surface area contributed by atoms with Gasteiger partial charge in [-0.3, -0.25) is 14.2 Å². The van der Waals surface area contributed by atoms with Gasteiger partial charge in [0, 0.05) is 32.2 Å². The number of amides is 1. The normalized spacial score (nSPS) is 18.0. The van der Waals surface area contributed by atoms with Gasteiger partial charge in [-0.15, -0.1) is 0 Å². The summed E-state index contributed by atoms with van der Waals surface area (Å²) in [5.41, 5.74) is -3.71. The second-order valence-corrected chi connectivity index (χ2v) is 15.7. The first-order valence-electron chi connectivity index (χ1n) is 17.6. The summed E-state index contributed by atoms with van der Waals surface area (Å²) in [6, 6.07) is 14.0. The van der Waals surface area contributed by atoms with Crippen LogP contribution >= 0.6 is 0 Å². The number of anilines is 2. The van der Waals surface area contributed by atoms with Crippen LogP contribution in [0.1, 0.15) is 36.1 Å². The van der Waals surface area contributed by atoms with Gasteiger partial charge in [-0.05, 0) is 86.0 Å². The minimum Gasteiger partial charge on any atom is -0.394 e. The molecule has 3 aromatic carbocycles. The second-order valence-electron chi connectivity index (χ2n) is 14.3. The van der Waals surface area contributed by atoms with Crippen molar-refractivity contribution in [2.45, 2.75) is 55.5 Å². The number of nitrogens with zero attached hydrogens (tertiary/aromatic N) is 4.